The van der Waals surface area contributed by atoms with Crippen molar-refractivity contribution in [2.24, 2.45) is 7.05 Å². The SMILES string of the molecule is COc1ccccc1C(NC(=O)NC(C(=O)Nc1ccccc1)c1ccccc1)c1nccn1C. The fraction of sp³-hybridized carbons (Fsp3) is 0.148. The highest BCUT2D eigenvalue weighted by atomic mass is 16.5. The number of aromatic nitrogens is 2. The van der Waals surface area contributed by atoms with Crippen molar-refractivity contribution in [1.29, 1.82) is 0 Å². The van der Waals surface area contributed by atoms with Gasteiger partial charge in [0.05, 0.1) is 7.11 Å². The molecule has 1 heterocycles. The highest BCUT2D eigenvalue weighted by Gasteiger charge is 2.27. The Morgan fingerprint density at radius 2 is 1.54 bits per heavy atom. The van der Waals surface area contributed by atoms with Gasteiger partial charge in [-0.15, -0.1) is 0 Å². The van der Waals surface area contributed by atoms with Crippen molar-refractivity contribution in [2.75, 3.05) is 12.4 Å². The molecule has 3 amide bonds. The summed E-state index contributed by atoms with van der Waals surface area (Å²) < 4.78 is 7.36. The van der Waals surface area contributed by atoms with Crippen LogP contribution < -0.4 is 20.7 Å². The molecule has 3 aromatic carbocycles. The largest absolute Gasteiger partial charge is 0.496 e. The van der Waals surface area contributed by atoms with Crippen LogP contribution in [0.25, 0.3) is 0 Å². The van der Waals surface area contributed by atoms with Gasteiger partial charge >= 0.3 is 6.03 Å². The number of imidazole rings is 1. The summed E-state index contributed by atoms with van der Waals surface area (Å²) in [6.07, 6.45) is 3.47. The molecule has 0 fully saturated rings. The van der Waals surface area contributed by atoms with E-state index in [-0.39, 0.29) is 5.91 Å². The van der Waals surface area contributed by atoms with Gasteiger partial charge in [-0.1, -0.05) is 66.7 Å². The number of methoxy groups -OCH3 is 1. The maximum absolute atomic E-state index is 13.3. The summed E-state index contributed by atoms with van der Waals surface area (Å²) in [5, 5.41) is 8.68. The maximum atomic E-state index is 13.3. The third-order valence-corrected chi connectivity index (χ3v) is 5.55. The molecule has 8 heteroatoms. The smallest absolute Gasteiger partial charge is 0.316 e. The van der Waals surface area contributed by atoms with Crippen LogP contribution in [0.2, 0.25) is 0 Å². The number of hydrogen-bond acceptors (Lipinski definition) is 4. The number of hydrogen-bond donors (Lipinski definition) is 3. The zero-order valence-electron chi connectivity index (χ0n) is 19.5. The van der Waals surface area contributed by atoms with E-state index in [1.165, 1.54) is 0 Å². The number of nitrogens with zero attached hydrogens (tertiary/aromatic N) is 2. The molecule has 0 aliphatic rings. The molecule has 1 aromatic heterocycles. The molecule has 0 spiro atoms. The molecular weight excluding hydrogens is 442 g/mol. The average molecular weight is 470 g/mol. The molecule has 4 aromatic rings. The van der Waals surface area contributed by atoms with Gasteiger partial charge in [0.15, 0.2) is 0 Å². The predicted molar refractivity (Wildman–Crippen MR) is 134 cm³/mol. The highest BCUT2D eigenvalue weighted by Crippen LogP contribution is 2.29. The minimum Gasteiger partial charge on any atom is -0.496 e. The number of para-hydroxylation sites is 2. The summed E-state index contributed by atoms with van der Waals surface area (Å²) in [6.45, 7) is 0. The number of urea groups is 1. The minimum absolute atomic E-state index is 0.358. The molecular formula is C27H27N5O3. The van der Waals surface area contributed by atoms with Crippen molar-refractivity contribution >= 4 is 17.6 Å². The Bertz CT molecular complexity index is 1270. The van der Waals surface area contributed by atoms with Crippen LogP contribution in [0.15, 0.2) is 97.3 Å². The van der Waals surface area contributed by atoms with Crippen LogP contribution in [-0.4, -0.2) is 28.6 Å². The molecule has 0 bridgehead atoms. The van der Waals surface area contributed by atoms with Crippen LogP contribution in [0, 0.1) is 0 Å². The number of carbonyl (C=O) groups is 2. The lowest BCUT2D eigenvalue weighted by atomic mass is 10.0. The lowest BCUT2D eigenvalue weighted by molar-refractivity contribution is -0.118. The standard InChI is InChI=1S/C27H27N5O3/c1-32-18-17-28-25(32)24(21-15-9-10-16-22(21)35-2)31-27(34)30-23(19-11-5-3-6-12-19)26(33)29-20-13-7-4-8-14-20/h3-18,23-24H,1-2H3,(H,29,33)(H2,30,31,34). The molecule has 2 atom stereocenters. The van der Waals surface area contributed by atoms with Gasteiger partial charge in [-0.05, 0) is 23.8 Å². The first-order valence-electron chi connectivity index (χ1n) is 11.1. The van der Waals surface area contributed by atoms with Crippen LogP contribution >= 0.6 is 0 Å². The molecule has 0 aliphatic carbocycles. The molecule has 0 aliphatic heterocycles. The third kappa shape index (κ3) is 5.67. The first-order valence-corrected chi connectivity index (χ1v) is 11.1. The van der Waals surface area contributed by atoms with Crippen molar-refractivity contribution in [1.82, 2.24) is 20.2 Å². The number of rotatable bonds is 8. The van der Waals surface area contributed by atoms with Gasteiger partial charge in [0.25, 0.3) is 5.91 Å². The molecule has 0 radical (unpaired) electrons. The molecule has 4 rings (SSSR count). The van der Waals surface area contributed by atoms with Crippen molar-refractivity contribution in [3.05, 3.63) is 114 Å². The molecule has 3 N–H and O–H groups in total. The predicted octanol–water partition coefficient (Wildman–Crippen LogP) is 4.20. The lowest BCUT2D eigenvalue weighted by Gasteiger charge is -2.24. The Balaban J connectivity index is 1.60. The van der Waals surface area contributed by atoms with Gasteiger partial charge < -0.3 is 25.3 Å². The van der Waals surface area contributed by atoms with Crippen LogP contribution in [-0.2, 0) is 11.8 Å². The van der Waals surface area contributed by atoms with Crippen LogP contribution in [0.3, 0.4) is 0 Å². The number of benzene rings is 3. The van der Waals surface area contributed by atoms with Crippen molar-refractivity contribution in [3.63, 3.8) is 0 Å². The number of aryl methyl sites for hydroxylation is 1. The van der Waals surface area contributed by atoms with E-state index < -0.39 is 18.1 Å². The van der Waals surface area contributed by atoms with E-state index in [0.717, 1.165) is 5.56 Å². The summed E-state index contributed by atoms with van der Waals surface area (Å²) >= 11 is 0. The Morgan fingerprint density at radius 3 is 2.20 bits per heavy atom. The summed E-state index contributed by atoms with van der Waals surface area (Å²) in [5.74, 6) is 0.875. The second kappa shape index (κ2) is 11.0. The fourth-order valence-corrected chi connectivity index (χ4v) is 3.83. The topological polar surface area (TPSA) is 97.3 Å². The Labute approximate surface area is 204 Å². The van der Waals surface area contributed by atoms with E-state index in [4.69, 9.17) is 4.74 Å². The first-order chi connectivity index (χ1) is 17.1. The quantitative estimate of drug-likeness (QED) is 0.360. The van der Waals surface area contributed by atoms with Gasteiger partial charge in [-0.2, -0.15) is 0 Å². The van der Waals surface area contributed by atoms with Gasteiger partial charge in [0, 0.05) is 30.7 Å². The Kier molecular flexibility index (Phi) is 7.42. The van der Waals surface area contributed by atoms with E-state index >= 15 is 0 Å². The molecule has 0 saturated heterocycles. The zero-order chi connectivity index (χ0) is 24.6. The monoisotopic (exact) mass is 469 g/mol. The second-order valence-electron chi connectivity index (χ2n) is 7.89. The van der Waals surface area contributed by atoms with Crippen molar-refractivity contribution in [3.8, 4) is 5.75 Å². The molecule has 0 saturated carbocycles. The van der Waals surface area contributed by atoms with E-state index in [0.29, 0.717) is 22.8 Å². The summed E-state index contributed by atoms with van der Waals surface area (Å²) in [7, 11) is 3.43. The van der Waals surface area contributed by atoms with E-state index in [9.17, 15) is 9.59 Å². The average Bonchev–Trinajstić information content (AvgIpc) is 3.32. The number of nitrogens with one attached hydrogen (secondary N) is 3. The third-order valence-electron chi connectivity index (χ3n) is 5.55. The fourth-order valence-electron chi connectivity index (χ4n) is 3.83. The van der Waals surface area contributed by atoms with E-state index in [1.807, 2.05) is 72.3 Å². The lowest BCUT2D eigenvalue weighted by Crippen LogP contribution is -2.44. The molecule has 8 nitrogen and oxygen atoms in total. The molecule has 178 valence electrons. The molecule has 35 heavy (non-hydrogen) atoms. The zero-order valence-corrected chi connectivity index (χ0v) is 19.5. The first kappa shape index (κ1) is 23.6. The molecule has 2 unspecified atom stereocenters. The van der Waals surface area contributed by atoms with E-state index in [1.54, 1.807) is 43.8 Å². The highest BCUT2D eigenvalue weighted by molar-refractivity contribution is 5.97. The number of carbonyl (C=O) groups excluding carboxylic acids is 2. The Morgan fingerprint density at radius 1 is 0.886 bits per heavy atom. The van der Waals surface area contributed by atoms with Crippen LogP contribution in [0.1, 0.15) is 29.0 Å². The van der Waals surface area contributed by atoms with Gasteiger partial charge in [0.2, 0.25) is 0 Å². The van der Waals surface area contributed by atoms with Crippen LogP contribution in [0.4, 0.5) is 10.5 Å². The number of amides is 3. The van der Waals surface area contributed by atoms with Gasteiger partial charge in [0.1, 0.15) is 23.7 Å². The van der Waals surface area contributed by atoms with Gasteiger partial charge in [-0.25, -0.2) is 9.78 Å². The summed E-state index contributed by atoms with van der Waals surface area (Å²) in [5.41, 5.74) is 2.03. The minimum atomic E-state index is -0.920. The summed E-state index contributed by atoms with van der Waals surface area (Å²) in [4.78, 5) is 30.9. The van der Waals surface area contributed by atoms with E-state index in [2.05, 4.69) is 20.9 Å². The normalized spacial score (nSPS) is 12.3. The number of ether oxygens (including phenoxy) is 1. The second-order valence-corrected chi connectivity index (χ2v) is 7.89. The maximum Gasteiger partial charge on any atom is 0.316 e. The van der Waals surface area contributed by atoms with Crippen LogP contribution in [0.5, 0.6) is 5.75 Å². The van der Waals surface area contributed by atoms with Crippen molar-refractivity contribution in [2.45, 2.75) is 12.1 Å². The summed E-state index contributed by atoms with van der Waals surface area (Å²) in [6, 6.07) is 23.6. The Hall–Kier alpha value is -4.59. The number of anilines is 1. The van der Waals surface area contributed by atoms with Gasteiger partial charge in [-0.3, -0.25) is 4.79 Å². The van der Waals surface area contributed by atoms with Crippen molar-refractivity contribution < 1.29 is 14.3 Å².